The average molecular weight is 960 g/mol. The van der Waals surface area contributed by atoms with Crippen LogP contribution in [-0.4, -0.2) is 92.7 Å². The second-order valence-corrected chi connectivity index (χ2v) is 20.2. The van der Waals surface area contributed by atoms with Gasteiger partial charge in [0.15, 0.2) is 15.6 Å². The van der Waals surface area contributed by atoms with Crippen molar-refractivity contribution >= 4 is 118 Å². The maximum Gasteiger partial charge on any atom is 0.397 e. The van der Waals surface area contributed by atoms with Gasteiger partial charge in [0.1, 0.15) is 21.2 Å². The molecule has 5 aromatic carbocycles. The largest absolute Gasteiger partial charge is 0.505 e. The van der Waals surface area contributed by atoms with Crippen LogP contribution < -0.4 is 10.6 Å². The number of nitrogens with one attached hydrogen (secondary N) is 2. The lowest BCUT2D eigenvalue weighted by atomic mass is 10.0. The number of anilines is 4. The van der Waals surface area contributed by atoms with Crippen LogP contribution in [0.2, 0.25) is 5.28 Å². The highest BCUT2D eigenvalue weighted by molar-refractivity contribution is 7.91. The van der Waals surface area contributed by atoms with E-state index < -0.39 is 94.4 Å². The number of hydrogen-bond acceptors (Lipinski definition) is 19. The molecule has 322 valence electrons. The highest BCUT2D eigenvalue weighted by Crippen LogP contribution is 2.45. The van der Waals surface area contributed by atoms with Gasteiger partial charge in [0.25, 0.3) is 30.4 Å². The van der Waals surface area contributed by atoms with Crippen molar-refractivity contribution < 1.29 is 69.6 Å². The third kappa shape index (κ3) is 10.3. The third-order valence-corrected chi connectivity index (χ3v) is 13.3. The third-order valence-electron chi connectivity index (χ3n) is 8.30. The molecule has 29 heteroatoms. The molecule has 0 aliphatic rings. The van der Waals surface area contributed by atoms with Gasteiger partial charge in [-0.05, 0) is 84.1 Å². The SMILES string of the molecule is Cc1cc2cc(S(=O)(=O)O)cc(Nc3nc(Cl)nc(Nc4ccc(S(=O)(=O)CCOS(=O)(=O)O)cc4)n3)c2c(O)c1N=Nc1ccc2c(S(=O)(=O)O)cccc2c1S(=O)(=O)O. The lowest BCUT2D eigenvalue weighted by Gasteiger charge is -2.15. The molecule has 1 aromatic heterocycles. The van der Waals surface area contributed by atoms with Gasteiger partial charge in [-0.15, -0.1) is 10.2 Å². The number of phenols is 1. The summed E-state index contributed by atoms with van der Waals surface area (Å²) in [5.41, 5.74) is -0.804. The van der Waals surface area contributed by atoms with Gasteiger partial charge >= 0.3 is 10.4 Å². The van der Waals surface area contributed by atoms with Crippen molar-refractivity contribution in [3.63, 3.8) is 0 Å². The van der Waals surface area contributed by atoms with Crippen molar-refractivity contribution in [2.45, 2.75) is 26.5 Å². The monoisotopic (exact) mass is 959 g/mol. The Labute approximate surface area is 350 Å². The number of phenolic OH excluding ortho intramolecular Hbond substituents is 1. The van der Waals surface area contributed by atoms with E-state index in [9.17, 15) is 60.9 Å². The number of rotatable bonds is 14. The molecule has 0 amide bonds. The van der Waals surface area contributed by atoms with E-state index >= 15 is 0 Å². The molecule has 0 spiro atoms. The molecular weight excluding hydrogens is 934 g/mol. The molecule has 0 aliphatic heterocycles. The standard InChI is InChI=1S/C32H26ClN7O16S5/c1-16-13-17-14-20(58(44,45)46)15-24(35-32-37-30(33)36-31(38-32)34-18-5-7-19(8-6-18)57(42,43)12-11-56-61(53,54)55)26(17)28(41)27(16)40-39-23-10-9-21-22(29(23)60(50,51)52)3-2-4-25(21)59(47,48)49/h2-10,13-15,41H,11-12H2,1H3,(H,44,45,46)(H,47,48,49)(H,50,51,52)(H,53,54,55)(H2,34,35,36,37,38). The molecule has 0 saturated heterocycles. The zero-order chi connectivity index (χ0) is 44.9. The van der Waals surface area contributed by atoms with Gasteiger partial charge in [-0.2, -0.15) is 48.6 Å². The Bertz CT molecular complexity index is 3390. The number of aryl methyl sites for hydroxylation is 1. The maximum atomic E-state index is 12.6. The van der Waals surface area contributed by atoms with Gasteiger partial charge < -0.3 is 15.7 Å². The molecule has 0 bridgehead atoms. The number of benzene rings is 5. The first kappa shape index (κ1) is 45.0. The lowest BCUT2D eigenvalue weighted by molar-refractivity contribution is 0.284. The molecule has 0 atom stereocenters. The highest BCUT2D eigenvalue weighted by atomic mass is 35.5. The van der Waals surface area contributed by atoms with Crippen molar-refractivity contribution in [3.8, 4) is 5.75 Å². The van der Waals surface area contributed by atoms with Gasteiger partial charge in [-0.1, -0.05) is 18.2 Å². The van der Waals surface area contributed by atoms with Crippen LogP contribution in [0.4, 0.5) is 34.6 Å². The van der Waals surface area contributed by atoms with Crippen LogP contribution in [0.3, 0.4) is 0 Å². The highest BCUT2D eigenvalue weighted by Gasteiger charge is 2.25. The van der Waals surface area contributed by atoms with E-state index in [0.29, 0.717) is 0 Å². The number of sulfone groups is 1. The summed E-state index contributed by atoms with van der Waals surface area (Å²) in [5, 5.41) is 23.7. The zero-order valence-corrected chi connectivity index (χ0v) is 35.1. The fourth-order valence-corrected chi connectivity index (χ4v) is 9.52. The summed E-state index contributed by atoms with van der Waals surface area (Å²) in [7, 11) is -23.8. The Morgan fingerprint density at radius 1 is 0.705 bits per heavy atom. The van der Waals surface area contributed by atoms with Crippen LogP contribution in [0.5, 0.6) is 5.75 Å². The minimum absolute atomic E-state index is 0.00765. The van der Waals surface area contributed by atoms with Crippen LogP contribution in [0, 0.1) is 6.92 Å². The summed E-state index contributed by atoms with van der Waals surface area (Å²) in [6, 6.07) is 13.5. The quantitative estimate of drug-likeness (QED) is 0.0552. The Morgan fingerprint density at radius 2 is 1.36 bits per heavy atom. The second kappa shape index (κ2) is 16.4. The second-order valence-electron chi connectivity index (χ2n) is 12.4. The normalized spacial score (nSPS) is 13.0. The lowest BCUT2D eigenvalue weighted by Crippen LogP contribution is -2.15. The molecule has 23 nitrogen and oxygen atoms in total. The number of halogens is 1. The number of azo groups is 1. The van der Waals surface area contributed by atoms with Crippen LogP contribution in [0.1, 0.15) is 5.56 Å². The van der Waals surface area contributed by atoms with Gasteiger partial charge in [0.2, 0.25) is 17.2 Å². The summed E-state index contributed by atoms with van der Waals surface area (Å²) in [5.74, 6) is -2.11. The Kier molecular flexibility index (Phi) is 12.1. The average Bonchev–Trinajstić information content (AvgIpc) is 3.12. The van der Waals surface area contributed by atoms with E-state index in [2.05, 4.69) is 40.0 Å². The number of nitrogens with zero attached hydrogens (tertiary/aromatic N) is 5. The molecule has 61 heavy (non-hydrogen) atoms. The van der Waals surface area contributed by atoms with Crippen molar-refractivity contribution in [1.29, 1.82) is 0 Å². The summed E-state index contributed by atoms with van der Waals surface area (Å²) in [6.45, 7) is 0.562. The van der Waals surface area contributed by atoms with E-state index in [1.165, 1.54) is 25.1 Å². The Hall–Kier alpha value is -5.53. The zero-order valence-electron chi connectivity index (χ0n) is 30.2. The summed E-state index contributed by atoms with van der Waals surface area (Å²) < 4.78 is 163. The van der Waals surface area contributed by atoms with E-state index in [1.807, 2.05) is 0 Å². The minimum atomic E-state index is -5.15. The number of fused-ring (bicyclic) bond motifs is 2. The fourth-order valence-electron chi connectivity index (χ4n) is 5.79. The first-order valence-corrected chi connectivity index (χ1v) is 24.0. The van der Waals surface area contributed by atoms with E-state index in [-0.39, 0.29) is 61.0 Å². The smallest absolute Gasteiger partial charge is 0.397 e. The van der Waals surface area contributed by atoms with E-state index in [0.717, 1.165) is 54.6 Å². The minimum Gasteiger partial charge on any atom is -0.505 e. The van der Waals surface area contributed by atoms with Crippen molar-refractivity contribution in [3.05, 3.63) is 83.6 Å². The van der Waals surface area contributed by atoms with Crippen LogP contribution in [-0.2, 0) is 54.8 Å². The van der Waals surface area contributed by atoms with E-state index in [4.69, 9.17) is 16.2 Å². The van der Waals surface area contributed by atoms with Gasteiger partial charge in [0.05, 0.1) is 27.8 Å². The summed E-state index contributed by atoms with van der Waals surface area (Å²) in [4.78, 5) is 9.61. The number of aromatic nitrogens is 3. The number of hydrogen-bond donors (Lipinski definition) is 7. The van der Waals surface area contributed by atoms with E-state index in [1.54, 1.807) is 0 Å². The van der Waals surface area contributed by atoms with Crippen molar-refractivity contribution in [2.24, 2.45) is 10.2 Å². The first-order valence-electron chi connectivity index (χ1n) is 16.3. The molecule has 0 saturated carbocycles. The summed E-state index contributed by atoms with van der Waals surface area (Å²) >= 11 is 6.15. The predicted octanol–water partition coefficient (Wildman–Crippen LogP) is 5.08. The fraction of sp³-hybridized carbons (Fsp3) is 0.0938. The Morgan fingerprint density at radius 3 is 1.97 bits per heavy atom. The van der Waals surface area contributed by atoms with Gasteiger partial charge in [0, 0.05) is 21.8 Å². The molecular formula is C32H26ClN7O16S5. The first-order chi connectivity index (χ1) is 28.2. The van der Waals surface area contributed by atoms with Crippen molar-refractivity contribution in [1.82, 2.24) is 15.0 Å². The van der Waals surface area contributed by atoms with Crippen molar-refractivity contribution in [2.75, 3.05) is 23.0 Å². The molecule has 0 radical (unpaired) electrons. The van der Waals surface area contributed by atoms with Crippen LogP contribution >= 0.6 is 11.6 Å². The van der Waals surface area contributed by atoms with Gasteiger partial charge in [-0.3, -0.25) is 18.2 Å². The molecule has 6 aromatic rings. The molecule has 6 rings (SSSR count). The van der Waals surface area contributed by atoms with Gasteiger partial charge in [-0.25, -0.2) is 12.6 Å². The predicted molar refractivity (Wildman–Crippen MR) is 215 cm³/mol. The molecule has 0 aliphatic carbocycles. The van der Waals surface area contributed by atoms with Crippen LogP contribution in [0.25, 0.3) is 21.5 Å². The van der Waals surface area contributed by atoms with Crippen LogP contribution in [0.15, 0.2) is 103 Å². The molecule has 0 fully saturated rings. The number of aromatic hydroxyl groups is 1. The Balaban J connectivity index is 1.39. The molecule has 1 heterocycles. The molecule has 0 unspecified atom stereocenters. The summed E-state index contributed by atoms with van der Waals surface area (Å²) in [6.07, 6.45) is 0. The topological polar surface area (TPSA) is 369 Å². The maximum absolute atomic E-state index is 12.6. The molecule has 7 N–H and O–H groups in total.